The summed E-state index contributed by atoms with van der Waals surface area (Å²) in [7, 11) is 0. The first kappa shape index (κ1) is 13.7. The molecule has 17 heavy (non-hydrogen) atoms. The molecule has 0 saturated carbocycles. The fourth-order valence-electron chi connectivity index (χ4n) is 1.27. The number of ketones is 1. The molecule has 0 radical (unpaired) electrons. The quantitative estimate of drug-likeness (QED) is 0.855. The molecular formula is C11H11F3O3. The van der Waals surface area contributed by atoms with Crippen LogP contribution in [0.15, 0.2) is 24.3 Å². The minimum Gasteiger partial charge on any atom is -0.385 e. The number of hydrogen-bond acceptors (Lipinski definition) is 3. The molecule has 0 saturated heterocycles. The van der Waals surface area contributed by atoms with Crippen molar-refractivity contribution >= 4 is 5.78 Å². The molecule has 0 fully saturated rings. The van der Waals surface area contributed by atoms with Crippen LogP contribution in [0.25, 0.3) is 0 Å². The fourth-order valence-corrected chi connectivity index (χ4v) is 1.27. The van der Waals surface area contributed by atoms with Crippen LogP contribution in [0.4, 0.5) is 13.2 Å². The SMILES string of the molecule is CC(=O)C(O)C(O)c1ccc(C(F)(F)F)cc1. The second-order valence-corrected chi connectivity index (χ2v) is 3.62. The minimum atomic E-state index is -4.46. The van der Waals surface area contributed by atoms with Gasteiger partial charge in [0.05, 0.1) is 5.56 Å². The molecule has 94 valence electrons. The van der Waals surface area contributed by atoms with Crippen molar-refractivity contribution in [1.29, 1.82) is 0 Å². The molecule has 0 aliphatic carbocycles. The van der Waals surface area contributed by atoms with E-state index < -0.39 is 29.7 Å². The van der Waals surface area contributed by atoms with Crippen molar-refractivity contribution in [2.45, 2.75) is 25.3 Å². The standard InChI is InChI=1S/C11H11F3O3/c1-6(15)9(16)10(17)7-2-4-8(5-3-7)11(12,13)14/h2-5,9-10,16-17H,1H3. The van der Waals surface area contributed by atoms with Gasteiger partial charge in [0, 0.05) is 0 Å². The number of carbonyl (C=O) groups is 1. The van der Waals surface area contributed by atoms with Crippen molar-refractivity contribution in [2.24, 2.45) is 0 Å². The summed E-state index contributed by atoms with van der Waals surface area (Å²) in [5.74, 6) is -0.655. The van der Waals surface area contributed by atoms with E-state index in [0.717, 1.165) is 31.2 Å². The second-order valence-electron chi connectivity index (χ2n) is 3.62. The zero-order valence-electron chi connectivity index (χ0n) is 8.90. The number of benzene rings is 1. The molecule has 0 aromatic heterocycles. The molecular weight excluding hydrogens is 237 g/mol. The maximum atomic E-state index is 12.2. The first-order valence-electron chi connectivity index (χ1n) is 4.77. The van der Waals surface area contributed by atoms with Crippen molar-refractivity contribution in [1.82, 2.24) is 0 Å². The summed E-state index contributed by atoms with van der Waals surface area (Å²) in [6.07, 6.45) is -7.61. The summed E-state index contributed by atoms with van der Waals surface area (Å²) in [6.45, 7) is 1.08. The van der Waals surface area contributed by atoms with Crippen molar-refractivity contribution in [3.63, 3.8) is 0 Å². The van der Waals surface area contributed by atoms with Gasteiger partial charge in [-0.2, -0.15) is 13.2 Å². The number of aliphatic hydroxyl groups excluding tert-OH is 2. The largest absolute Gasteiger partial charge is 0.416 e. The Morgan fingerprint density at radius 3 is 2.00 bits per heavy atom. The van der Waals surface area contributed by atoms with Gasteiger partial charge in [0.2, 0.25) is 0 Å². The average molecular weight is 248 g/mol. The molecule has 0 amide bonds. The van der Waals surface area contributed by atoms with Crippen LogP contribution in [0, 0.1) is 0 Å². The predicted octanol–water partition coefficient (Wildman–Crippen LogP) is 1.69. The van der Waals surface area contributed by atoms with Crippen molar-refractivity contribution < 1.29 is 28.2 Å². The van der Waals surface area contributed by atoms with Crippen molar-refractivity contribution in [3.8, 4) is 0 Å². The van der Waals surface area contributed by atoms with Crippen LogP contribution in [-0.2, 0) is 11.0 Å². The highest BCUT2D eigenvalue weighted by Gasteiger charge is 2.30. The lowest BCUT2D eigenvalue weighted by molar-refractivity contribution is -0.137. The highest BCUT2D eigenvalue weighted by atomic mass is 19.4. The molecule has 0 aliphatic rings. The maximum Gasteiger partial charge on any atom is 0.416 e. The Labute approximate surface area is 95.5 Å². The number of halogens is 3. The lowest BCUT2D eigenvalue weighted by atomic mass is 10.0. The van der Waals surface area contributed by atoms with E-state index in [1.807, 2.05) is 0 Å². The van der Waals surface area contributed by atoms with E-state index in [-0.39, 0.29) is 5.56 Å². The van der Waals surface area contributed by atoms with E-state index in [2.05, 4.69) is 0 Å². The Morgan fingerprint density at radius 2 is 1.65 bits per heavy atom. The van der Waals surface area contributed by atoms with Gasteiger partial charge in [-0.25, -0.2) is 0 Å². The fraction of sp³-hybridized carbons (Fsp3) is 0.364. The number of rotatable bonds is 3. The summed E-state index contributed by atoms with van der Waals surface area (Å²) < 4.78 is 36.7. The van der Waals surface area contributed by atoms with Crippen LogP contribution in [0.5, 0.6) is 0 Å². The maximum absolute atomic E-state index is 12.2. The predicted molar refractivity (Wildman–Crippen MR) is 53.1 cm³/mol. The number of Topliss-reactive ketones (excluding diaryl/α,β-unsaturated/α-hetero) is 1. The highest BCUT2D eigenvalue weighted by molar-refractivity contribution is 5.80. The molecule has 0 aliphatic heterocycles. The Hall–Kier alpha value is -1.40. The lowest BCUT2D eigenvalue weighted by Crippen LogP contribution is -2.25. The third kappa shape index (κ3) is 3.28. The minimum absolute atomic E-state index is 0.0562. The number of carbonyl (C=O) groups excluding carboxylic acids is 1. The molecule has 6 heteroatoms. The molecule has 0 bridgehead atoms. The Kier molecular flexibility index (Phi) is 3.90. The first-order chi connectivity index (χ1) is 7.73. The molecule has 1 aromatic carbocycles. The Morgan fingerprint density at radius 1 is 1.18 bits per heavy atom. The Bertz CT molecular complexity index is 397. The summed E-state index contributed by atoms with van der Waals surface area (Å²) in [4.78, 5) is 10.8. The zero-order chi connectivity index (χ0) is 13.2. The van der Waals surface area contributed by atoms with Gasteiger partial charge in [0.15, 0.2) is 5.78 Å². The highest BCUT2D eigenvalue weighted by Crippen LogP contribution is 2.30. The summed E-state index contributed by atoms with van der Waals surface area (Å²) >= 11 is 0. The van der Waals surface area contributed by atoms with E-state index in [9.17, 15) is 28.2 Å². The third-order valence-corrected chi connectivity index (χ3v) is 2.30. The molecule has 2 unspecified atom stereocenters. The smallest absolute Gasteiger partial charge is 0.385 e. The molecule has 1 rings (SSSR count). The van der Waals surface area contributed by atoms with E-state index in [0.29, 0.717) is 0 Å². The normalized spacial score (nSPS) is 15.4. The first-order valence-corrected chi connectivity index (χ1v) is 4.77. The van der Waals surface area contributed by atoms with Crippen molar-refractivity contribution in [3.05, 3.63) is 35.4 Å². The van der Waals surface area contributed by atoms with Gasteiger partial charge in [-0.15, -0.1) is 0 Å². The van der Waals surface area contributed by atoms with E-state index in [1.54, 1.807) is 0 Å². The topological polar surface area (TPSA) is 57.5 Å². The summed E-state index contributed by atoms with van der Waals surface area (Å²) in [5.41, 5.74) is -0.800. The molecule has 1 aromatic rings. The molecule has 2 N–H and O–H groups in total. The van der Waals surface area contributed by atoms with Crippen LogP contribution in [0.3, 0.4) is 0 Å². The number of aliphatic hydroxyl groups is 2. The second kappa shape index (κ2) is 4.85. The van der Waals surface area contributed by atoms with Gasteiger partial charge in [-0.1, -0.05) is 12.1 Å². The average Bonchev–Trinajstić information content (AvgIpc) is 2.26. The Balaban J connectivity index is 2.92. The van der Waals surface area contributed by atoms with Gasteiger partial charge in [0.25, 0.3) is 0 Å². The third-order valence-electron chi connectivity index (χ3n) is 2.30. The summed E-state index contributed by atoms with van der Waals surface area (Å²) in [5, 5.41) is 18.8. The molecule has 0 spiro atoms. The monoisotopic (exact) mass is 248 g/mol. The lowest BCUT2D eigenvalue weighted by Gasteiger charge is -2.16. The molecule has 0 heterocycles. The van der Waals surface area contributed by atoms with Crippen LogP contribution in [0.2, 0.25) is 0 Å². The zero-order valence-corrected chi connectivity index (χ0v) is 8.90. The van der Waals surface area contributed by atoms with E-state index in [1.165, 1.54) is 0 Å². The van der Waals surface area contributed by atoms with Gasteiger partial charge >= 0.3 is 6.18 Å². The van der Waals surface area contributed by atoms with Crippen LogP contribution in [0.1, 0.15) is 24.2 Å². The van der Waals surface area contributed by atoms with E-state index >= 15 is 0 Å². The van der Waals surface area contributed by atoms with Gasteiger partial charge < -0.3 is 10.2 Å². The summed E-state index contributed by atoms with van der Waals surface area (Å²) in [6, 6.07) is 3.62. The van der Waals surface area contributed by atoms with E-state index in [4.69, 9.17) is 0 Å². The number of hydrogen-bond donors (Lipinski definition) is 2. The number of alkyl halides is 3. The van der Waals surface area contributed by atoms with Gasteiger partial charge in [-0.05, 0) is 24.6 Å². The van der Waals surface area contributed by atoms with Gasteiger partial charge in [-0.3, -0.25) is 4.79 Å². The van der Waals surface area contributed by atoms with Crippen LogP contribution >= 0.6 is 0 Å². The van der Waals surface area contributed by atoms with Crippen LogP contribution in [-0.4, -0.2) is 22.1 Å². The molecule has 2 atom stereocenters. The molecule has 3 nitrogen and oxygen atoms in total. The van der Waals surface area contributed by atoms with Crippen molar-refractivity contribution in [2.75, 3.05) is 0 Å². The van der Waals surface area contributed by atoms with Gasteiger partial charge in [0.1, 0.15) is 12.2 Å². The van der Waals surface area contributed by atoms with Crippen LogP contribution < -0.4 is 0 Å².